The van der Waals surface area contributed by atoms with E-state index in [9.17, 15) is 4.79 Å². The molecule has 1 amide bonds. The van der Waals surface area contributed by atoms with Crippen molar-refractivity contribution in [3.63, 3.8) is 0 Å². The summed E-state index contributed by atoms with van der Waals surface area (Å²) >= 11 is 1.58. The van der Waals surface area contributed by atoms with E-state index in [2.05, 4.69) is 10.2 Å². The molecule has 0 saturated carbocycles. The van der Waals surface area contributed by atoms with Crippen LogP contribution in [0.2, 0.25) is 0 Å². The molecule has 1 aliphatic heterocycles. The molecule has 0 radical (unpaired) electrons. The van der Waals surface area contributed by atoms with Crippen molar-refractivity contribution in [1.82, 2.24) is 15.1 Å². The van der Waals surface area contributed by atoms with Crippen LogP contribution < -0.4 is 4.74 Å². The predicted octanol–water partition coefficient (Wildman–Crippen LogP) is 3.76. The first-order valence-corrected chi connectivity index (χ1v) is 9.82. The third-order valence-corrected chi connectivity index (χ3v) is 5.98. The first-order valence-electron chi connectivity index (χ1n) is 9.01. The second-order valence-corrected chi connectivity index (χ2v) is 7.61. The van der Waals surface area contributed by atoms with Gasteiger partial charge < -0.3 is 14.1 Å². The first kappa shape index (κ1) is 17.7. The van der Waals surface area contributed by atoms with Crippen LogP contribution in [0.1, 0.15) is 29.3 Å². The van der Waals surface area contributed by atoms with E-state index < -0.39 is 0 Å². The van der Waals surface area contributed by atoms with Crippen molar-refractivity contribution in [2.24, 2.45) is 0 Å². The lowest BCUT2D eigenvalue weighted by molar-refractivity contribution is -0.131. The minimum absolute atomic E-state index is 0.173. The van der Waals surface area contributed by atoms with E-state index in [4.69, 9.17) is 9.15 Å². The SMILES string of the molecule is COc1ccc(CC(=O)N2CCC(c3nnc(-c4ccco4)s3)CC2)cc1. The second-order valence-electron chi connectivity index (χ2n) is 6.60. The monoisotopic (exact) mass is 383 g/mol. The van der Waals surface area contributed by atoms with Gasteiger partial charge in [0.2, 0.25) is 5.91 Å². The van der Waals surface area contributed by atoms with Gasteiger partial charge in [0.1, 0.15) is 10.8 Å². The molecule has 2 aromatic heterocycles. The van der Waals surface area contributed by atoms with Crippen molar-refractivity contribution >= 4 is 17.2 Å². The summed E-state index contributed by atoms with van der Waals surface area (Å²) in [7, 11) is 1.64. The summed E-state index contributed by atoms with van der Waals surface area (Å²) < 4.78 is 10.5. The molecule has 27 heavy (non-hydrogen) atoms. The van der Waals surface area contributed by atoms with Crippen molar-refractivity contribution in [2.45, 2.75) is 25.2 Å². The maximum absolute atomic E-state index is 12.6. The molecule has 0 spiro atoms. The van der Waals surface area contributed by atoms with Crippen LogP contribution in [0.5, 0.6) is 5.75 Å². The number of likely N-dealkylation sites (tertiary alicyclic amines) is 1. The molecule has 1 saturated heterocycles. The van der Waals surface area contributed by atoms with E-state index in [-0.39, 0.29) is 5.91 Å². The quantitative estimate of drug-likeness (QED) is 0.671. The van der Waals surface area contributed by atoms with Gasteiger partial charge in [0.15, 0.2) is 10.8 Å². The van der Waals surface area contributed by atoms with Crippen LogP contribution in [0.15, 0.2) is 47.1 Å². The minimum atomic E-state index is 0.173. The van der Waals surface area contributed by atoms with Crippen molar-refractivity contribution in [3.8, 4) is 16.5 Å². The molecule has 0 bridgehead atoms. The van der Waals surface area contributed by atoms with Crippen LogP contribution >= 0.6 is 11.3 Å². The van der Waals surface area contributed by atoms with Gasteiger partial charge >= 0.3 is 0 Å². The summed E-state index contributed by atoms with van der Waals surface area (Å²) in [6.45, 7) is 1.52. The molecule has 6 nitrogen and oxygen atoms in total. The Hall–Kier alpha value is -2.67. The Kier molecular flexibility index (Phi) is 5.20. The molecule has 4 rings (SSSR count). The number of hydrogen-bond acceptors (Lipinski definition) is 6. The van der Waals surface area contributed by atoms with Gasteiger partial charge in [-0.2, -0.15) is 0 Å². The van der Waals surface area contributed by atoms with E-state index in [0.29, 0.717) is 12.3 Å². The van der Waals surface area contributed by atoms with E-state index in [1.54, 1.807) is 24.7 Å². The number of amides is 1. The summed E-state index contributed by atoms with van der Waals surface area (Å²) in [4.78, 5) is 14.5. The van der Waals surface area contributed by atoms with Crippen molar-refractivity contribution < 1.29 is 13.9 Å². The molecule has 0 aliphatic carbocycles. The van der Waals surface area contributed by atoms with E-state index in [1.165, 1.54) is 0 Å². The lowest BCUT2D eigenvalue weighted by atomic mass is 9.97. The van der Waals surface area contributed by atoms with Gasteiger partial charge in [0.05, 0.1) is 19.8 Å². The summed E-state index contributed by atoms with van der Waals surface area (Å²) in [5.74, 6) is 2.09. The molecule has 140 valence electrons. The van der Waals surface area contributed by atoms with Gasteiger partial charge in [0.25, 0.3) is 0 Å². The number of nitrogens with zero attached hydrogens (tertiary/aromatic N) is 3. The highest BCUT2D eigenvalue weighted by Crippen LogP contribution is 2.33. The summed E-state index contributed by atoms with van der Waals surface area (Å²) in [6.07, 6.45) is 3.90. The fourth-order valence-corrected chi connectivity index (χ4v) is 4.29. The van der Waals surface area contributed by atoms with E-state index in [1.807, 2.05) is 41.3 Å². The van der Waals surface area contributed by atoms with Gasteiger partial charge in [-0.25, -0.2) is 0 Å². The largest absolute Gasteiger partial charge is 0.497 e. The van der Waals surface area contributed by atoms with E-state index in [0.717, 1.165) is 53.0 Å². The number of furan rings is 1. The number of piperidine rings is 1. The van der Waals surface area contributed by atoms with Crippen LogP contribution in [0.4, 0.5) is 0 Å². The van der Waals surface area contributed by atoms with Crippen LogP contribution in [0, 0.1) is 0 Å². The normalized spacial score (nSPS) is 15.1. The van der Waals surface area contributed by atoms with Crippen LogP contribution in [-0.4, -0.2) is 41.2 Å². The van der Waals surface area contributed by atoms with Gasteiger partial charge in [-0.05, 0) is 42.7 Å². The molecule has 1 aliphatic rings. The molecule has 3 aromatic rings. The molecular formula is C20H21N3O3S. The van der Waals surface area contributed by atoms with Gasteiger partial charge in [-0.3, -0.25) is 4.79 Å². The van der Waals surface area contributed by atoms with Crippen LogP contribution in [0.3, 0.4) is 0 Å². The molecule has 0 unspecified atom stereocenters. The van der Waals surface area contributed by atoms with Crippen LogP contribution in [0.25, 0.3) is 10.8 Å². The molecular weight excluding hydrogens is 362 g/mol. The average Bonchev–Trinajstić information content (AvgIpc) is 3.40. The summed E-state index contributed by atoms with van der Waals surface area (Å²) in [5.41, 5.74) is 1.01. The highest BCUT2D eigenvalue weighted by Gasteiger charge is 2.26. The van der Waals surface area contributed by atoms with E-state index >= 15 is 0 Å². The highest BCUT2D eigenvalue weighted by molar-refractivity contribution is 7.14. The second kappa shape index (κ2) is 7.92. The zero-order chi connectivity index (χ0) is 18.6. The minimum Gasteiger partial charge on any atom is -0.497 e. The predicted molar refractivity (Wildman–Crippen MR) is 103 cm³/mol. The third-order valence-electron chi connectivity index (χ3n) is 4.88. The molecule has 1 fully saturated rings. The summed E-state index contributed by atoms with van der Waals surface area (Å²) in [6, 6.07) is 11.4. The highest BCUT2D eigenvalue weighted by atomic mass is 32.1. The molecule has 3 heterocycles. The molecule has 7 heteroatoms. The Morgan fingerprint density at radius 1 is 1.22 bits per heavy atom. The number of aromatic nitrogens is 2. The number of carbonyl (C=O) groups is 1. The number of rotatable bonds is 5. The number of benzene rings is 1. The lowest BCUT2D eigenvalue weighted by Crippen LogP contribution is -2.38. The fourth-order valence-electron chi connectivity index (χ4n) is 3.31. The Morgan fingerprint density at radius 3 is 2.67 bits per heavy atom. The maximum atomic E-state index is 12.6. The van der Waals surface area contributed by atoms with Crippen molar-refractivity contribution in [3.05, 3.63) is 53.2 Å². The average molecular weight is 383 g/mol. The number of ether oxygens (including phenoxy) is 1. The standard InChI is InChI=1S/C20H21N3O3S/c1-25-16-6-4-14(5-7-16)13-18(24)23-10-8-15(9-11-23)19-21-22-20(27-19)17-3-2-12-26-17/h2-7,12,15H,8-11,13H2,1H3. The zero-order valence-corrected chi connectivity index (χ0v) is 15.9. The number of carbonyl (C=O) groups excluding carboxylic acids is 1. The van der Waals surface area contributed by atoms with Gasteiger partial charge in [0, 0.05) is 19.0 Å². The smallest absolute Gasteiger partial charge is 0.226 e. The Labute approximate surface area is 161 Å². The number of hydrogen-bond donors (Lipinski definition) is 0. The Morgan fingerprint density at radius 2 is 2.00 bits per heavy atom. The topological polar surface area (TPSA) is 68.5 Å². The Balaban J connectivity index is 1.32. The van der Waals surface area contributed by atoms with Crippen molar-refractivity contribution in [1.29, 1.82) is 0 Å². The molecule has 0 N–H and O–H groups in total. The molecule has 0 atom stereocenters. The van der Waals surface area contributed by atoms with Gasteiger partial charge in [-0.15, -0.1) is 10.2 Å². The fraction of sp³-hybridized carbons (Fsp3) is 0.350. The molecule has 1 aromatic carbocycles. The third kappa shape index (κ3) is 4.03. The van der Waals surface area contributed by atoms with Crippen LogP contribution in [-0.2, 0) is 11.2 Å². The lowest BCUT2D eigenvalue weighted by Gasteiger charge is -2.31. The zero-order valence-electron chi connectivity index (χ0n) is 15.1. The Bertz CT molecular complexity index is 882. The van der Waals surface area contributed by atoms with Gasteiger partial charge in [-0.1, -0.05) is 23.5 Å². The number of methoxy groups -OCH3 is 1. The van der Waals surface area contributed by atoms with Crippen molar-refractivity contribution in [2.75, 3.05) is 20.2 Å². The maximum Gasteiger partial charge on any atom is 0.226 e. The summed E-state index contributed by atoms with van der Waals surface area (Å²) in [5, 5.41) is 10.4. The first-order chi connectivity index (χ1) is 13.2.